The van der Waals surface area contributed by atoms with E-state index in [9.17, 15) is 4.79 Å². The van der Waals surface area contributed by atoms with Gasteiger partial charge in [0.05, 0.1) is 6.33 Å². The maximum atomic E-state index is 11.4. The minimum Gasteiger partial charge on any atom is -0.369 e. The maximum absolute atomic E-state index is 11.4. The zero-order valence-electron chi connectivity index (χ0n) is 12.0. The second-order valence-corrected chi connectivity index (χ2v) is 6.53. The standard InChI is InChI=1S/C14H23IN4O/c1-19(11-6-3-2-4-7-11)9-5-8-16-13-12(15)14(20)18-10-17-13/h10-11H,2-9H2,1H3,(H2,16,17,18,20). The van der Waals surface area contributed by atoms with Gasteiger partial charge in [-0.05, 0) is 55.4 Å². The van der Waals surface area contributed by atoms with E-state index in [0.29, 0.717) is 9.39 Å². The molecule has 5 nitrogen and oxygen atoms in total. The molecule has 0 atom stereocenters. The van der Waals surface area contributed by atoms with Gasteiger partial charge in [0, 0.05) is 12.6 Å². The Bertz CT molecular complexity index is 470. The van der Waals surface area contributed by atoms with Crippen molar-refractivity contribution in [3.63, 3.8) is 0 Å². The lowest BCUT2D eigenvalue weighted by atomic mass is 9.94. The van der Waals surface area contributed by atoms with Crippen LogP contribution in [0.3, 0.4) is 0 Å². The van der Waals surface area contributed by atoms with Crippen LogP contribution in [0, 0.1) is 3.57 Å². The van der Waals surface area contributed by atoms with Crippen molar-refractivity contribution in [1.29, 1.82) is 0 Å². The van der Waals surface area contributed by atoms with Crippen molar-refractivity contribution in [3.8, 4) is 0 Å². The quantitative estimate of drug-likeness (QED) is 0.579. The van der Waals surface area contributed by atoms with Crippen molar-refractivity contribution in [2.24, 2.45) is 0 Å². The number of hydrogen-bond donors (Lipinski definition) is 2. The zero-order chi connectivity index (χ0) is 14.4. The highest BCUT2D eigenvalue weighted by Gasteiger charge is 2.17. The van der Waals surface area contributed by atoms with E-state index >= 15 is 0 Å². The van der Waals surface area contributed by atoms with Gasteiger partial charge in [-0.1, -0.05) is 19.3 Å². The summed E-state index contributed by atoms with van der Waals surface area (Å²) in [5.74, 6) is 0.690. The minimum absolute atomic E-state index is 0.0811. The van der Waals surface area contributed by atoms with Crippen LogP contribution in [0.5, 0.6) is 0 Å². The molecule has 1 heterocycles. The predicted molar refractivity (Wildman–Crippen MR) is 90.2 cm³/mol. The van der Waals surface area contributed by atoms with E-state index in [1.54, 1.807) is 0 Å². The summed E-state index contributed by atoms with van der Waals surface area (Å²) in [6.07, 6.45) is 9.36. The Morgan fingerprint density at radius 1 is 1.45 bits per heavy atom. The first-order chi connectivity index (χ1) is 9.68. The molecule has 2 rings (SSSR count). The van der Waals surface area contributed by atoms with Gasteiger partial charge in [-0.15, -0.1) is 0 Å². The Kier molecular flexibility index (Phi) is 6.28. The summed E-state index contributed by atoms with van der Waals surface area (Å²) in [5, 5.41) is 3.25. The smallest absolute Gasteiger partial charge is 0.266 e. The highest BCUT2D eigenvalue weighted by Crippen LogP contribution is 2.21. The Labute approximate surface area is 133 Å². The lowest BCUT2D eigenvalue weighted by Crippen LogP contribution is -2.34. The molecule has 1 aliphatic carbocycles. The number of hydrogen-bond acceptors (Lipinski definition) is 4. The van der Waals surface area contributed by atoms with Crippen molar-refractivity contribution in [2.75, 3.05) is 25.5 Å². The average Bonchev–Trinajstić information content (AvgIpc) is 2.48. The van der Waals surface area contributed by atoms with E-state index in [1.165, 1.54) is 38.4 Å². The second-order valence-electron chi connectivity index (χ2n) is 5.45. The second kappa shape index (κ2) is 7.97. The molecule has 112 valence electrons. The van der Waals surface area contributed by atoms with E-state index in [1.807, 2.05) is 22.6 Å². The van der Waals surface area contributed by atoms with E-state index in [-0.39, 0.29) is 5.56 Å². The van der Waals surface area contributed by atoms with Gasteiger partial charge < -0.3 is 15.2 Å². The number of H-pyrrole nitrogens is 1. The summed E-state index contributed by atoms with van der Waals surface area (Å²) in [6, 6.07) is 0.765. The molecule has 2 N–H and O–H groups in total. The van der Waals surface area contributed by atoms with Gasteiger partial charge in [0.1, 0.15) is 9.39 Å². The fourth-order valence-electron chi connectivity index (χ4n) is 2.75. The summed E-state index contributed by atoms with van der Waals surface area (Å²) in [4.78, 5) is 20.6. The molecule has 0 amide bonds. The summed E-state index contributed by atoms with van der Waals surface area (Å²) < 4.78 is 0.630. The molecule has 1 aromatic rings. The fraction of sp³-hybridized carbons (Fsp3) is 0.714. The first-order valence-electron chi connectivity index (χ1n) is 7.36. The van der Waals surface area contributed by atoms with Crippen molar-refractivity contribution in [3.05, 3.63) is 20.3 Å². The summed E-state index contributed by atoms with van der Waals surface area (Å²) in [7, 11) is 2.23. The summed E-state index contributed by atoms with van der Waals surface area (Å²) >= 11 is 2.03. The van der Waals surface area contributed by atoms with Crippen LogP contribution in [0.25, 0.3) is 0 Å². The third-order valence-electron chi connectivity index (χ3n) is 3.97. The van der Waals surface area contributed by atoms with E-state index < -0.39 is 0 Å². The molecule has 20 heavy (non-hydrogen) atoms. The molecule has 6 heteroatoms. The van der Waals surface area contributed by atoms with Crippen molar-refractivity contribution < 1.29 is 0 Å². The first-order valence-corrected chi connectivity index (χ1v) is 8.43. The number of aromatic nitrogens is 2. The number of halogens is 1. The van der Waals surface area contributed by atoms with Gasteiger partial charge in [0.2, 0.25) is 0 Å². The molecule has 0 saturated heterocycles. The third-order valence-corrected chi connectivity index (χ3v) is 4.98. The topological polar surface area (TPSA) is 61.0 Å². The maximum Gasteiger partial charge on any atom is 0.266 e. The zero-order valence-corrected chi connectivity index (χ0v) is 14.1. The molecule has 1 fully saturated rings. The van der Waals surface area contributed by atoms with Crippen LogP contribution in [0.15, 0.2) is 11.1 Å². The Morgan fingerprint density at radius 3 is 2.95 bits per heavy atom. The monoisotopic (exact) mass is 390 g/mol. The van der Waals surface area contributed by atoms with Crippen molar-refractivity contribution >= 4 is 28.4 Å². The van der Waals surface area contributed by atoms with Crippen LogP contribution in [-0.2, 0) is 0 Å². The molecule has 0 bridgehead atoms. The van der Waals surface area contributed by atoms with Gasteiger partial charge in [0.15, 0.2) is 0 Å². The molecule has 0 radical (unpaired) electrons. The van der Waals surface area contributed by atoms with Gasteiger partial charge in [-0.2, -0.15) is 0 Å². The Balaban J connectivity index is 1.70. The normalized spacial score (nSPS) is 16.6. The highest BCUT2D eigenvalue weighted by molar-refractivity contribution is 14.1. The van der Waals surface area contributed by atoms with Crippen LogP contribution in [0.4, 0.5) is 5.82 Å². The first kappa shape index (κ1) is 15.8. The van der Waals surface area contributed by atoms with Gasteiger partial charge in [-0.25, -0.2) is 4.98 Å². The average molecular weight is 390 g/mol. The third kappa shape index (κ3) is 4.44. The highest BCUT2D eigenvalue weighted by atomic mass is 127. The fourth-order valence-corrected chi connectivity index (χ4v) is 3.23. The number of nitrogens with zero attached hydrogens (tertiary/aromatic N) is 2. The van der Waals surface area contributed by atoms with Crippen LogP contribution < -0.4 is 10.9 Å². The number of rotatable bonds is 6. The number of nitrogens with one attached hydrogen (secondary N) is 2. The molecule has 0 unspecified atom stereocenters. The van der Waals surface area contributed by atoms with Gasteiger partial charge >= 0.3 is 0 Å². The number of aromatic amines is 1. The molecular weight excluding hydrogens is 367 g/mol. The largest absolute Gasteiger partial charge is 0.369 e. The lowest BCUT2D eigenvalue weighted by Gasteiger charge is -2.31. The summed E-state index contributed by atoms with van der Waals surface area (Å²) in [5.41, 5.74) is -0.0811. The minimum atomic E-state index is -0.0811. The molecule has 1 aromatic heterocycles. The lowest BCUT2D eigenvalue weighted by molar-refractivity contribution is 0.191. The van der Waals surface area contributed by atoms with Crippen molar-refractivity contribution in [2.45, 2.75) is 44.6 Å². The summed E-state index contributed by atoms with van der Waals surface area (Å²) in [6.45, 7) is 1.95. The van der Waals surface area contributed by atoms with Crippen LogP contribution in [0.1, 0.15) is 38.5 Å². The predicted octanol–water partition coefficient (Wildman–Crippen LogP) is 2.44. The molecule has 1 saturated carbocycles. The SMILES string of the molecule is CN(CCCNc1nc[nH]c(=O)c1I)C1CCCCC1. The van der Waals surface area contributed by atoms with E-state index in [4.69, 9.17) is 0 Å². The Morgan fingerprint density at radius 2 is 2.20 bits per heavy atom. The number of anilines is 1. The Hall–Kier alpha value is -0.630. The van der Waals surface area contributed by atoms with Gasteiger partial charge in [-0.3, -0.25) is 4.79 Å². The van der Waals surface area contributed by atoms with Crippen LogP contribution in [0.2, 0.25) is 0 Å². The van der Waals surface area contributed by atoms with Crippen LogP contribution >= 0.6 is 22.6 Å². The molecule has 0 spiro atoms. The molecule has 0 aliphatic heterocycles. The van der Waals surface area contributed by atoms with E-state index in [0.717, 1.165) is 25.6 Å². The van der Waals surface area contributed by atoms with Gasteiger partial charge in [0.25, 0.3) is 5.56 Å². The molecule has 0 aromatic carbocycles. The van der Waals surface area contributed by atoms with Crippen molar-refractivity contribution in [1.82, 2.24) is 14.9 Å². The van der Waals surface area contributed by atoms with Crippen LogP contribution in [-0.4, -0.2) is 41.0 Å². The van der Waals surface area contributed by atoms with E-state index in [2.05, 4.69) is 27.2 Å². The molecular formula is C14H23IN4O. The molecule has 1 aliphatic rings.